The molecule has 47 heavy (non-hydrogen) atoms. The Morgan fingerprint density at radius 2 is 1.81 bits per heavy atom. The number of anilines is 1. The molecule has 1 unspecified atom stereocenters. The summed E-state index contributed by atoms with van der Waals surface area (Å²) in [6.07, 6.45) is 4.18. The molecule has 3 fully saturated rings. The van der Waals surface area contributed by atoms with E-state index in [1.807, 2.05) is 24.3 Å². The smallest absolute Gasteiger partial charge is 0.306 e. The molecule has 0 spiro atoms. The fourth-order valence-corrected chi connectivity index (χ4v) is 8.36. The number of halogens is 2. The van der Waals surface area contributed by atoms with Crippen LogP contribution in [0.3, 0.4) is 0 Å². The van der Waals surface area contributed by atoms with Gasteiger partial charge in [0, 0.05) is 61.8 Å². The second kappa shape index (κ2) is 14.7. The van der Waals surface area contributed by atoms with Gasteiger partial charge in [-0.15, -0.1) is 11.3 Å². The fourth-order valence-electron chi connectivity index (χ4n) is 7.18. The van der Waals surface area contributed by atoms with Crippen molar-refractivity contribution >= 4 is 56.4 Å². The lowest BCUT2D eigenvalue weighted by Crippen LogP contribution is -2.73. The first-order chi connectivity index (χ1) is 22.7. The molecule has 3 aromatic rings. The first-order valence-corrected chi connectivity index (χ1v) is 17.6. The van der Waals surface area contributed by atoms with Gasteiger partial charge in [0.1, 0.15) is 5.82 Å². The van der Waals surface area contributed by atoms with E-state index in [0.717, 1.165) is 29.3 Å². The van der Waals surface area contributed by atoms with Crippen LogP contribution < -0.4 is 5.32 Å². The molecular weight excluding hydrogens is 645 g/mol. The van der Waals surface area contributed by atoms with Gasteiger partial charge in [-0.05, 0) is 74.6 Å². The van der Waals surface area contributed by atoms with Crippen LogP contribution in [0.4, 0.5) is 10.1 Å². The number of hydrogen-bond acceptors (Lipinski definition) is 8. The summed E-state index contributed by atoms with van der Waals surface area (Å²) in [7, 11) is 1.67. The number of hydrogen-bond donors (Lipinski definition) is 2. The Labute approximate surface area is 283 Å². The molecule has 2 aliphatic heterocycles. The molecule has 2 aromatic carbocycles. The van der Waals surface area contributed by atoms with Gasteiger partial charge in [0.25, 0.3) is 5.91 Å². The van der Waals surface area contributed by atoms with E-state index in [1.165, 1.54) is 23.5 Å². The molecule has 0 bridgehead atoms. The third kappa shape index (κ3) is 7.11. The number of Topliss-reactive ketones (excluding diaryl/α,β-unsaturated/α-hetero) is 1. The minimum absolute atomic E-state index is 0.122. The van der Waals surface area contributed by atoms with Gasteiger partial charge >= 0.3 is 5.97 Å². The Kier molecular flexibility index (Phi) is 10.6. The van der Waals surface area contributed by atoms with Crippen LogP contribution in [0, 0.1) is 17.7 Å². The molecule has 2 N–H and O–H groups in total. The van der Waals surface area contributed by atoms with Crippen LogP contribution in [0.25, 0.3) is 10.1 Å². The quantitative estimate of drug-likeness (QED) is 0.212. The topological polar surface area (TPSA) is 108 Å². The van der Waals surface area contributed by atoms with Crippen molar-refractivity contribution in [3.8, 4) is 0 Å². The van der Waals surface area contributed by atoms with E-state index in [9.17, 15) is 19.5 Å². The van der Waals surface area contributed by atoms with Gasteiger partial charge in [0.15, 0.2) is 5.78 Å². The zero-order valence-corrected chi connectivity index (χ0v) is 28.1. The van der Waals surface area contributed by atoms with E-state index in [2.05, 4.69) is 15.1 Å². The van der Waals surface area contributed by atoms with Gasteiger partial charge < -0.3 is 19.9 Å². The molecular formula is C35H41ClFN3O6S. The Morgan fingerprint density at radius 3 is 2.51 bits per heavy atom. The lowest BCUT2D eigenvalue weighted by molar-refractivity contribution is -0.276. The van der Waals surface area contributed by atoms with Gasteiger partial charge in [0.2, 0.25) is 5.85 Å². The van der Waals surface area contributed by atoms with E-state index < -0.39 is 29.5 Å². The molecule has 6 rings (SSSR count). The molecule has 252 valence electrons. The molecule has 1 amide bonds. The van der Waals surface area contributed by atoms with Gasteiger partial charge in [-0.3, -0.25) is 24.2 Å². The molecule has 1 aromatic heterocycles. The predicted molar refractivity (Wildman–Crippen MR) is 179 cm³/mol. The third-order valence-corrected chi connectivity index (χ3v) is 11.1. The number of carboxylic acid groups (broad SMARTS) is 1. The maximum atomic E-state index is 15.8. The van der Waals surface area contributed by atoms with Crippen LogP contribution in [0.1, 0.15) is 60.9 Å². The molecule has 1 atom stereocenters. The summed E-state index contributed by atoms with van der Waals surface area (Å²) >= 11 is 8.06. The average molecular weight is 686 g/mol. The molecule has 1 aliphatic carbocycles. The van der Waals surface area contributed by atoms with Gasteiger partial charge in [-0.2, -0.15) is 0 Å². The van der Waals surface area contributed by atoms with Gasteiger partial charge in [-0.1, -0.05) is 29.8 Å². The lowest BCUT2D eigenvalue weighted by atomic mass is 9.87. The number of fused-ring (bicyclic) bond motifs is 1. The number of rotatable bonds is 13. The number of benzene rings is 2. The van der Waals surface area contributed by atoms with Crippen LogP contribution >= 0.6 is 22.9 Å². The highest BCUT2D eigenvalue weighted by Gasteiger charge is 2.55. The molecule has 3 heterocycles. The van der Waals surface area contributed by atoms with Crippen LogP contribution in [-0.2, 0) is 25.5 Å². The maximum absolute atomic E-state index is 15.8. The highest BCUT2D eigenvalue weighted by atomic mass is 35.5. The van der Waals surface area contributed by atoms with Crippen molar-refractivity contribution in [2.75, 3.05) is 45.2 Å². The number of carbonyl (C=O) groups is 3. The number of carbonyl (C=O) groups excluding carboxylic acids is 2. The Bertz CT molecular complexity index is 1620. The van der Waals surface area contributed by atoms with Crippen molar-refractivity contribution in [3.63, 3.8) is 0 Å². The first-order valence-electron chi connectivity index (χ1n) is 16.4. The van der Waals surface area contributed by atoms with Crippen molar-refractivity contribution < 1.29 is 33.4 Å². The van der Waals surface area contributed by atoms with Crippen molar-refractivity contribution in [2.24, 2.45) is 11.8 Å². The van der Waals surface area contributed by atoms with Crippen molar-refractivity contribution in [1.82, 2.24) is 9.80 Å². The number of likely N-dealkylation sites (tertiary alicyclic amines) is 2. The summed E-state index contributed by atoms with van der Waals surface area (Å²) in [6.45, 7) is 3.24. The number of methoxy groups -OCH3 is 1. The summed E-state index contributed by atoms with van der Waals surface area (Å²) < 4.78 is 28.9. The van der Waals surface area contributed by atoms with Crippen LogP contribution in [0.5, 0.6) is 0 Å². The minimum atomic E-state index is -1.40. The molecule has 0 radical (unpaired) electrons. The van der Waals surface area contributed by atoms with Gasteiger partial charge in [-0.25, -0.2) is 4.39 Å². The van der Waals surface area contributed by atoms with E-state index in [-0.39, 0.29) is 34.6 Å². The van der Waals surface area contributed by atoms with Crippen LogP contribution in [0.2, 0.25) is 5.02 Å². The Morgan fingerprint density at radius 1 is 1.09 bits per heavy atom. The summed E-state index contributed by atoms with van der Waals surface area (Å²) in [4.78, 5) is 43.5. The number of thiophene rings is 1. The molecule has 1 saturated carbocycles. The second-order valence-corrected chi connectivity index (χ2v) is 14.2. The van der Waals surface area contributed by atoms with Gasteiger partial charge in [0.05, 0.1) is 28.3 Å². The predicted octanol–water partition coefficient (Wildman–Crippen LogP) is 6.44. The van der Waals surface area contributed by atoms with E-state index in [4.69, 9.17) is 21.1 Å². The number of nitrogens with one attached hydrogen (secondary N) is 1. The minimum Gasteiger partial charge on any atom is -0.481 e. The monoisotopic (exact) mass is 685 g/mol. The SMILES string of the molecule is COCCC1CN(C(O[C@H]2CC[C@H](C(=O)O)CC2)(C(=O)Cc2cc(Cl)c(NC(=O)c3csc4ccccc34)cc2F)N2CCCC2)C1. The fraction of sp³-hybridized carbons (Fsp3) is 0.514. The van der Waals surface area contributed by atoms with Crippen molar-refractivity contribution in [1.29, 1.82) is 0 Å². The largest absolute Gasteiger partial charge is 0.481 e. The Hall–Kier alpha value is -2.93. The lowest BCUT2D eigenvalue weighted by Gasteiger charge is -2.55. The highest BCUT2D eigenvalue weighted by Crippen LogP contribution is 2.40. The Balaban J connectivity index is 1.25. The number of aliphatic carboxylic acids is 1. The zero-order chi connectivity index (χ0) is 33.1. The first kappa shape index (κ1) is 34.0. The van der Waals surface area contributed by atoms with Crippen molar-refractivity contribution in [2.45, 2.75) is 63.3 Å². The maximum Gasteiger partial charge on any atom is 0.306 e. The summed E-state index contributed by atoms with van der Waals surface area (Å²) in [5.41, 5.74) is 0.725. The molecule has 3 aliphatic rings. The average Bonchev–Trinajstić information content (AvgIpc) is 3.73. The normalized spacial score (nSPS) is 22.2. The summed E-state index contributed by atoms with van der Waals surface area (Å²) in [6, 6.07) is 10.1. The van der Waals surface area contributed by atoms with Crippen LogP contribution in [0.15, 0.2) is 41.8 Å². The molecule has 12 heteroatoms. The summed E-state index contributed by atoms with van der Waals surface area (Å²) in [5.74, 6) is -3.59. The zero-order valence-electron chi connectivity index (χ0n) is 26.5. The number of nitrogens with zero attached hydrogens (tertiary/aromatic N) is 2. The highest BCUT2D eigenvalue weighted by molar-refractivity contribution is 7.17. The number of ketones is 1. The number of ether oxygens (including phenoxy) is 2. The number of amides is 1. The standard InChI is InChI=1S/C35H41ClFN3O6S/c1-45-15-12-22-19-40(20-22)35(39-13-4-5-14-39,46-25-10-8-23(9-11-25)34(43)44)32(41)17-24-16-28(36)30(18-29(24)37)38-33(42)27-21-47-31-7-3-2-6-26(27)31/h2-3,6-7,16,18,21-23,25H,4-5,8-15,17,19-20H2,1H3,(H,38,42)(H,43,44)/t23-,25-,35?. The third-order valence-electron chi connectivity index (χ3n) is 9.83. The van der Waals surface area contributed by atoms with Crippen LogP contribution in [-0.4, -0.2) is 84.4 Å². The van der Waals surface area contributed by atoms with Crippen molar-refractivity contribution in [3.05, 3.63) is 63.7 Å². The summed E-state index contributed by atoms with van der Waals surface area (Å²) in [5, 5.41) is 15.0. The molecule has 2 saturated heterocycles. The van der Waals surface area contributed by atoms with E-state index in [0.29, 0.717) is 70.0 Å². The van der Waals surface area contributed by atoms with E-state index >= 15 is 4.39 Å². The molecule has 9 nitrogen and oxygen atoms in total. The van der Waals surface area contributed by atoms with E-state index in [1.54, 1.807) is 12.5 Å². The number of carboxylic acids is 1. The second-order valence-electron chi connectivity index (χ2n) is 12.9.